The molecule has 0 aliphatic carbocycles. The van der Waals surface area contributed by atoms with Crippen molar-refractivity contribution in [1.82, 2.24) is 4.90 Å². The number of hydrogen-bond donors (Lipinski definition) is 0. The molecule has 0 aliphatic heterocycles. The topological polar surface area (TPSA) is 46.6 Å². The number of carbonyl (C=O) groups is 2. The molecule has 6 heteroatoms. The minimum absolute atomic E-state index is 0.0623. The van der Waals surface area contributed by atoms with Crippen molar-refractivity contribution in [2.24, 2.45) is 0 Å². The van der Waals surface area contributed by atoms with Gasteiger partial charge in [-0.3, -0.25) is 9.59 Å². The Morgan fingerprint density at radius 2 is 2.06 bits per heavy atom. The minimum Gasteiger partial charge on any atom is -0.491 e. The van der Waals surface area contributed by atoms with Crippen molar-refractivity contribution >= 4 is 35.4 Å². The van der Waals surface area contributed by atoms with Crippen LogP contribution in [0.2, 0.25) is 10.0 Å². The molecule has 0 atom stereocenters. The lowest BCUT2D eigenvalue weighted by Gasteiger charge is -2.13. The summed E-state index contributed by atoms with van der Waals surface area (Å²) in [5, 5.41) is 0.612. The van der Waals surface area contributed by atoms with E-state index in [1.165, 1.54) is 17.0 Å². The maximum Gasteiger partial charge on any atom is 0.225 e. The summed E-state index contributed by atoms with van der Waals surface area (Å²) in [6.45, 7) is 0.152. The summed E-state index contributed by atoms with van der Waals surface area (Å²) in [7, 11) is 3.32. The van der Waals surface area contributed by atoms with E-state index in [4.69, 9.17) is 27.9 Å². The van der Waals surface area contributed by atoms with Gasteiger partial charge in [0.1, 0.15) is 5.75 Å². The van der Waals surface area contributed by atoms with Gasteiger partial charge in [-0.2, -0.15) is 0 Å². The molecule has 1 aromatic rings. The van der Waals surface area contributed by atoms with Gasteiger partial charge in [-0.1, -0.05) is 23.2 Å². The summed E-state index contributed by atoms with van der Waals surface area (Å²) in [5.74, 6) is 0.190. The van der Waals surface area contributed by atoms with E-state index in [0.717, 1.165) is 0 Å². The Hall–Kier alpha value is -1.26. The SMILES string of the molecule is CN(C)C(=O)CCOc1c(Cl)cc(Cl)cc1C=O. The van der Waals surface area contributed by atoms with Crippen LogP contribution >= 0.6 is 23.2 Å². The van der Waals surface area contributed by atoms with E-state index in [1.807, 2.05) is 0 Å². The zero-order valence-corrected chi connectivity index (χ0v) is 11.6. The van der Waals surface area contributed by atoms with Crippen molar-refractivity contribution in [3.05, 3.63) is 27.7 Å². The summed E-state index contributed by atoms with van der Waals surface area (Å²) in [6, 6.07) is 2.95. The molecule has 0 saturated carbocycles. The molecule has 1 rings (SSSR count). The summed E-state index contributed by atoms with van der Waals surface area (Å²) < 4.78 is 5.37. The van der Waals surface area contributed by atoms with Crippen LogP contribution in [-0.2, 0) is 4.79 Å². The van der Waals surface area contributed by atoms with Gasteiger partial charge in [0.25, 0.3) is 0 Å². The number of benzene rings is 1. The maximum absolute atomic E-state index is 11.3. The first-order valence-electron chi connectivity index (χ1n) is 5.23. The zero-order valence-electron chi connectivity index (χ0n) is 10.1. The van der Waals surface area contributed by atoms with Crippen LogP contribution in [0.15, 0.2) is 12.1 Å². The molecule has 98 valence electrons. The molecule has 4 nitrogen and oxygen atoms in total. The number of aldehydes is 1. The van der Waals surface area contributed by atoms with Gasteiger partial charge in [-0.05, 0) is 12.1 Å². The molecule has 1 aromatic carbocycles. The second kappa shape index (κ2) is 6.61. The van der Waals surface area contributed by atoms with E-state index in [0.29, 0.717) is 11.3 Å². The average Bonchev–Trinajstić information content (AvgIpc) is 2.30. The van der Waals surface area contributed by atoms with Gasteiger partial charge in [0, 0.05) is 19.1 Å². The van der Waals surface area contributed by atoms with Gasteiger partial charge in [0.15, 0.2) is 6.29 Å². The Balaban J connectivity index is 2.73. The van der Waals surface area contributed by atoms with Gasteiger partial charge < -0.3 is 9.64 Å². The lowest BCUT2D eigenvalue weighted by Crippen LogP contribution is -2.23. The number of rotatable bonds is 5. The predicted molar refractivity (Wildman–Crippen MR) is 70.7 cm³/mol. The van der Waals surface area contributed by atoms with E-state index in [1.54, 1.807) is 14.1 Å². The first-order valence-corrected chi connectivity index (χ1v) is 5.98. The van der Waals surface area contributed by atoms with Gasteiger partial charge in [-0.25, -0.2) is 0 Å². The van der Waals surface area contributed by atoms with Crippen LogP contribution in [0.5, 0.6) is 5.75 Å². The highest BCUT2D eigenvalue weighted by Crippen LogP contribution is 2.31. The lowest BCUT2D eigenvalue weighted by molar-refractivity contribution is -0.129. The van der Waals surface area contributed by atoms with E-state index in [9.17, 15) is 9.59 Å². The number of nitrogens with zero attached hydrogens (tertiary/aromatic N) is 1. The molecule has 1 amide bonds. The number of amides is 1. The molecule has 0 saturated heterocycles. The highest BCUT2D eigenvalue weighted by Gasteiger charge is 2.11. The first kappa shape index (κ1) is 14.8. The summed E-state index contributed by atoms with van der Waals surface area (Å²) in [5.41, 5.74) is 0.268. The van der Waals surface area contributed by atoms with Gasteiger partial charge in [0.05, 0.1) is 23.6 Å². The van der Waals surface area contributed by atoms with E-state index >= 15 is 0 Å². The van der Waals surface area contributed by atoms with Crippen LogP contribution in [0.4, 0.5) is 0 Å². The second-order valence-electron chi connectivity index (χ2n) is 3.81. The van der Waals surface area contributed by atoms with Gasteiger partial charge in [0.2, 0.25) is 5.91 Å². The Morgan fingerprint density at radius 1 is 1.39 bits per heavy atom. The number of carbonyl (C=O) groups excluding carboxylic acids is 2. The van der Waals surface area contributed by atoms with Gasteiger partial charge in [-0.15, -0.1) is 0 Å². The molecular formula is C12H13Cl2NO3. The van der Waals surface area contributed by atoms with Crippen LogP contribution < -0.4 is 4.74 Å². The van der Waals surface area contributed by atoms with Crippen molar-refractivity contribution in [3.8, 4) is 5.75 Å². The highest BCUT2D eigenvalue weighted by molar-refractivity contribution is 6.36. The number of halogens is 2. The normalized spacial score (nSPS) is 10.0. The largest absolute Gasteiger partial charge is 0.491 e. The smallest absolute Gasteiger partial charge is 0.225 e. The van der Waals surface area contributed by atoms with Crippen LogP contribution in [0.25, 0.3) is 0 Å². The summed E-state index contributed by atoms with van der Waals surface area (Å²) >= 11 is 11.7. The summed E-state index contributed by atoms with van der Waals surface area (Å²) in [6.07, 6.45) is 0.825. The number of hydrogen-bond acceptors (Lipinski definition) is 3. The van der Waals surface area contributed by atoms with Crippen LogP contribution in [0, 0.1) is 0 Å². The lowest BCUT2D eigenvalue weighted by atomic mass is 10.2. The monoisotopic (exact) mass is 289 g/mol. The quantitative estimate of drug-likeness (QED) is 0.783. The van der Waals surface area contributed by atoms with Crippen molar-refractivity contribution in [2.45, 2.75) is 6.42 Å². The third kappa shape index (κ3) is 3.89. The van der Waals surface area contributed by atoms with E-state index < -0.39 is 0 Å². The van der Waals surface area contributed by atoms with E-state index in [2.05, 4.69) is 0 Å². The molecule has 0 bridgehead atoms. The highest BCUT2D eigenvalue weighted by atomic mass is 35.5. The molecule has 0 unspecified atom stereocenters. The van der Waals surface area contributed by atoms with Gasteiger partial charge >= 0.3 is 0 Å². The zero-order chi connectivity index (χ0) is 13.7. The molecule has 0 fully saturated rings. The molecule has 18 heavy (non-hydrogen) atoms. The Kier molecular flexibility index (Phi) is 5.44. The molecular weight excluding hydrogens is 277 g/mol. The Morgan fingerprint density at radius 3 is 2.61 bits per heavy atom. The van der Waals surface area contributed by atoms with Crippen LogP contribution in [-0.4, -0.2) is 37.8 Å². The molecule has 0 heterocycles. The first-order chi connectivity index (χ1) is 8.45. The third-order valence-corrected chi connectivity index (χ3v) is 2.72. The maximum atomic E-state index is 11.3. The summed E-state index contributed by atoms with van der Waals surface area (Å²) in [4.78, 5) is 23.7. The van der Waals surface area contributed by atoms with Crippen LogP contribution in [0.3, 0.4) is 0 Å². The predicted octanol–water partition coefficient (Wildman–Crippen LogP) is 2.66. The molecule has 0 aromatic heterocycles. The fraction of sp³-hybridized carbons (Fsp3) is 0.333. The van der Waals surface area contributed by atoms with Crippen LogP contribution in [0.1, 0.15) is 16.8 Å². The van der Waals surface area contributed by atoms with E-state index in [-0.39, 0.29) is 35.3 Å². The standard InChI is InChI=1S/C12H13Cl2NO3/c1-15(2)11(17)3-4-18-12-8(7-16)5-9(13)6-10(12)14/h5-7H,3-4H2,1-2H3. The fourth-order valence-corrected chi connectivity index (χ4v) is 1.85. The Bertz CT molecular complexity index is 461. The van der Waals surface area contributed by atoms with Crippen molar-refractivity contribution in [1.29, 1.82) is 0 Å². The minimum atomic E-state index is -0.0623. The molecule has 0 radical (unpaired) electrons. The average molecular weight is 290 g/mol. The molecule has 0 aliphatic rings. The van der Waals surface area contributed by atoms with Crippen molar-refractivity contribution < 1.29 is 14.3 Å². The fourth-order valence-electron chi connectivity index (χ4n) is 1.28. The second-order valence-corrected chi connectivity index (χ2v) is 4.65. The van der Waals surface area contributed by atoms with Crippen molar-refractivity contribution in [2.75, 3.05) is 20.7 Å². The van der Waals surface area contributed by atoms with Crippen molar-refractivity contribution in [3.63, 3.8) is 0 Å². The number of ether oxygens (including phenoxy) is 1. The Labute approximate surface area is 115 Å². The molecule has 0 N–H and O–H groups in total. The molecule has 0 spiro atoms. The third-order valence-electron chi connectivity index (χ3n) is 2.23.